The zero-order valence-corrected chi connectivity index (χ0v) is 23.1. The van der Waals surface area contributed by atoms with Crippen molar-refractivity contribution in [3.8, 4) is 11.4 Å². The van der Waals surface area contributed by atoms with Crippen LogP contribution in [0, 0.1) is 0 Å². The van der Waals surface area contributed by atoms with Crippen molar-refractivity contribution in [2.45, 2.75) is 0 Å². The van der Waals surface area contributed by atoms with Gasteiger partial charge in [0.1, 0.15) is 0 Å². The molecular formula is C42H26N2. The van der Waals surface area contributed by atoms with E-state index in [0.29, 0.717) is 11.4 Å². The Hall–Kier alpha value is -5.86. The first kappa shape index (κ1) is 16.1. The summed E-state index contributed by atoms with van der Waals surface area (Å²) in [5.74, 6) is 0. The Morgan fingerprint density at radius 2 is 0.795 bits per heavy atom. The van der Waals surface area contributed by atoms with Crippen LogP contribution in [0.15, 0.2) is 157 Å². The van der Waals surface area contributed by atoms with Crippen LogP contribution in [0.4, 0.5) is 0 Å². The highest BCUT2D eigenvalue weighted by atomic mass is 15.0. The van der Waals surface area contributed by atoms with Crippen LogP contribution in [0.25, 0.3) is 87.3 Å². The molecule has 0 aliphatic rings. The fraction of sp³-hybridized carbons (Fsp3) is 0. The van der Waals surface area contributed by atoms with Gasteiger partial charge in [-0.2, -0.15) is 0 Å². The number of hydrogen-bond donors (Lipinski definition) is 0. The summed E-state index contributed by atoms with van der Waals surface area (Å²) >= 11 is 0. The number of rotatable bonds is 2. The molecule has 0 saturated carbocycles. The lowest BCUT2D eigenvalue weighted by Gasteiger charge is -2.14. The molecule has 0 aliphatic carbocycles. The summed E-state index contributed by atoms with van der Waals surface area (Å²) in [6.45, 7) is 0. The third-order valence-electron chi connectivity index (χ3n) is 8.75. The van der Waals surface area contributed by atoms with Gasteiger partial charge in [0.2, 0.25) is 0 Å². The Kier molecular flexibility index (Phi) is 3.23. The molecule has 44 heavy (non-hydrogen) atoms. The molecule has 0 fully saturated rings. The summed E-state index contributed by atoms with van der Waals surface area (Å²) in [6, 6.07) is 27.1. The first-order valence-corrected chi connectivity index (χ1v) is 14.4. The minimum atomic E-state index is -0.481. The van der Waals surface area contributed by atoms with E-state index in [0.717, 1.165) is 32.3 Å². The maximum absolute atomic E-state index is 9.66. The van der Waals surface area contributed by atoms with Gasteiger partial charge >= 0.3 is 0 Å². The molecule has 0 saturated heterocycles. The molecule has 0 N–H and O–H groups in total. The molecule has 2 aromatic heterocycles. The van der Waals surface area contributed by atoms with Crippen molar-refractivity contribution in [3.63, 3.8) is 0 Å². The van der Waals surface area contributed by atoms with E-state index in [4.69, 9.17) is 6.85 Å². The zero-order valence-electron chi connectivity index (χ0n) is 33.1. The largest absolute Gasteiger partial charge is 0.309 e. The molecule has 0 atom stereocenters. The second-order valence-corrected chi connectivity index (χ2v) is 11.0. The zero-order chi connectivity index (χ0) is 37.5. The van der Waals surface area contributed by atoms with Crippen molar-refractivity contribution in [2.75, 3.05) is 0 Å². The first-order chi connectivity index (χ1) is 26.0. The van der Waals surface area contributed by atoms with Gasteiger partial charge in [0.05, 0.1) is 35.8 Å². The lowest BCUT2D eigenvalue weighted by Crippen LogP contribution is -1.95. The molecule has 0 amide bonds. The van der Waals surface area contributed by atoms with Crippen LogP contribution in [0.2, 0.25) is 0 Å². The molecule has 0 bridgehead atoms. The molecular weight excluding hydrogens is 532 g/mol. The Morgan fingerprint density at radius 1 is 0.341 bits per heavy atom. The topological polar surface area (TPSA) is 9.86 Å². The molecule has 10 aromatic rings. The number of para-hydroxylation sites is 3. The predicted octanol–water partition coefficient (Wildman–Crippen LogP) is 11.3. The van der Waals surface area contributed by atoms with Gasteiger partial charge in [0, 0.05) is 32.9 Å². The SMILES string of the molecule is [2H]c1c([2H])c([2H])c2c(c1[2H])c1c3c4c([2H])c([2H])c([2H])c([2H])c4n(-c4ccc5c6ccccc6c6ccccc6c5c4)c3c([2H])c([2H])c1n2-c1ccccc1. The van der Waals surface area contributed by atoms with Crippen molar-refractivity contribution in [2.24, 2.45) is 0 Å². The maximum Gasteiger partial charge on any atom is 0.0646 e. The smallest absolute Gasteiger partial charge is 0.0646 e. The van der Waals surface area contributed by atoms with E-state index in [1.807, 2.05) is 54.6 Å². The normalized spacial score (nSPS) is 15.3. The molecule has 204 valence electrons. The summed E-state index contributed by atoms with van der Waals surface area (Å²) in [5.41, 5.74) is 1.50. The highest BCUT2D eigenvalue weighted by Crippen LogP contribution is 2.43. The second-order valence-electron chi connectivity index (χ2n) is 11.0. The molecule has 2 heteroatoms. The summed E-state index contributed by atoms with van der Waals surface area (Å²) < 4.78 is 94.1. The van der Waals surface area contributed by atoms with Crippen molar-refractivity contribution in [1.29, 1.82) is 0 Å². The highest BCUT2D eigenvalue weighted by molar-refractivity contribution is 6.29. The lowest BCUT2D eigenvalue weighted by molar-refractivity contribution is 1.17. The Balaban J connectivity index is 1.50. The monoisotopic (exact) mass is 568 g/mol. The third-order valence-corrected chi connectivity index (χ3v) is 8.75. The Bertz CT molecular complexity index is 3290. The second kappa shape index (κ2) is 8.82. The standard InChI is InChI=1S/C42H26N2/c1-2-12-27(13-3-1)43-37-20-10-8-18-34(37)41-39(43)24-25-40-42(41)35-19-9-11-21-38(35)44(40)28-22-23-33-31-16-5-4-14-29(31)30-15-6-7-17-32(30)36(33)26-28/h1-26H/i8D,9D,10D,11D,18D,19D,20D,21D,24D,25D. The van der Waals surface area contributed by atoms with E-state index in [9.17, 15) is 6.85 Å². The molecule has 0 unspecified atom stereocenters. The van der Waals surface area contributed by atoms with E-state index in [-0.39, 0.29) is 79.9 Å². The van der Waals surface area contributed by atoms with E-state index in [2.05, 4.69) is 18.2 Å². The quantitative estimate of drug-likeness (QED) is 0.184. The van der Waals surface area contributed by atoms with Gasteiger partial charge in [-0.1, -0.05) is 109 Å². The highest BCUT2D eigenvalue weighted by Gasteiger charge is 2.20. The van der Waals surface area contributed by atoms with Gasteiger partial charge in [-0.05, 0) is 80.8 Å². The minimum Gasteiger partial charge on any atom is -0.309 e. The van der Waals surface area contributed by atoms with Crippen molar-refractivity contribution < 1.29 is 13.7 Å². The Morgan fingerprint density at radius 3 is 1.36 bits per heavy atom. The van der Waals surface area contributed by atoms with Crippen LogP contribution in [-0.2, 0) is 0 Å². The molecule has 0 spiro atoms. The fourth-order valence-corrected chi connectivity index (χ4v) is 6.96. The average Bonchev–Trinajstić information content (AvgIpc) is 3.75. The van der Waals surface area contributed by atoms with Crippen molar-refractivity contribution in [1.82, 2.24) is 9.13 Å². The van der Waals surface area contributed by atoms with Gasteiger partial charge in [-0.25, -0.2) is 0 Å². The number of nitrogens with zero attached hydrogens (tertiary/aromatic N) is 2. The van der Waals surface area contributed by atoms with Crippen LogP contribution >= 0.6 is 0 Å². The first-order valence-electron chi connectivity index (χ1n) is 19.4. The van der Waals surface area contributed by atoms with Crippen LogP contribution in [0.5, 0.6) is 0 Å². The molecule has 0 radical (unpaired) electrons. The Labute approximate surface area is 267 Å². The van der Waals surface area contributed by atoms with Crippen LogP contribution in [0.1, 0.15) is 13.7 Å². The van der Waals surface area contributed by atoms with Gasteiger partial charge in [-0.3, -0.25) is 0 Å². The van der Waals surface area contributed by atoms with Crippen LogP contribution < -0.4 is 0 Å². The van der Waals surface area contributed by atoms with Gasteiger partial charge in [0.15, 0.2) is 0 Å². The summed E-state index contributed by atoms with van der Waals surface area (Å²) in [4.78, 5) is 0. The number of benzene rings is 8. The maximum atomic E-state index is 9.66. The van der Waals surface area contributed by atoms with E-state index >= 15 is 0 Å². The van der Waals surface area contributed by atoms with E-state index in [1.54, 1.807) is 33.4 Å². The van der Waals surface area contributed by atoms with Crippen molar-refractivity contribution in [3.05, 3.63) is 157 Å². The van der Waals surface area contributed by atoms with Crippen LogP contribution in [-0.4, -0.2) is 9.13 Å². The van der Waals surface area contributed by atoms with E-state index < -0.39 is 24.2 Å². The number of aromatic nitrogens is 2. The van der Waals surface area contributed by atoms with Gasteiger partial charge in [0.25, 0.3) is 0 Å². The van der Waals surface area contributed by atoms with Gasteiger partial charge < -0.3 is 9.13 Å². The third kappa shape index (κ3) is 3.09. The number of fused-ring (bicyclic) bond motifs is 13. The molecule has 10 rings (SSSR count). The number of hydrogen-bond acceptors (Lipinski definition) is 0. The molecule has 2 nitrogen and oxygen atoms in total. The molecule has 8 aromatic carbocycles. The molecule has 0 aliphatic heterocycles. The van der Waals surface area contributed by atoms with E-state index in [1.165, 1.54) is 0 Å². The van der Waals surface area contributed by atoms with Crippen molar-refractivity contribution >= 4 is 75.9 Å². The molecule has 2 heterocycles. The van der Waals surface area contributed by atoms with Gasteiger partial charge in [-0.15, -0.1) is 0 Å². The van der Waals surface area contributed by atoms with Crippen LogP contribution in [0.3, 0.4) is 0 Å². The lowest BCUT2D eigenvalue weighted by atomic mass is 9.94. The fourth-order valence-electron chi connectivity index (χ4n) is 6.96. The summed E-state index contributed by atoms with van der Waals surface area (Å²) in [5, 5.41) is 6.64. The average molecular weight is 569 g/mol. The summed E-state index contributed by atoms with van der Waals surface area (Å²) in [7, 11) is 0. The predicted molar refractivity (Wildman–Crippen MR) is 188 cm³/mol. The minimum absolute atomic E-state index is 0.0949. The summed E-state index contributed by atoms with van der Waals surface area (Å²) in [6.07, 6.45) is 0.